The highest BCUT2D eigenvalue weighted by atomic mass is 32.2. The van der Waals surface area contributed by atoms with E-state index in [1.165, 1.54) is 26.0 Å². The zero-order valence-electron chi connectivity index (χ0n) is 18.2. The van der Waals surface area contributed by atoms with Crippen molar-refractivity contribution in [1.29, 1.82) is 0 Å². The fourth-order valence-electron chi connectivity index (χ4n) is 3.07. The number of carbonyl (C=O) groups excluding carboxylic acids is 3. The number of nitrogens with one attached hydrogen (secondary N) is 2. The molecular weight excluding hydrogens is 444 g/mol. The third-order valence-corrected chi connectivity index (χ3v) is 6.33. The molecule has 172 valence electrons. The van der Waals surface area contributed by atoms with Crippen LogP contribution in [0.2, 0.25) is 0 Å². The van der Waals surface area contributed by atoms with E-state index in [-0.39, 0.29) is 23.6 Å². The molecule has 3 aromatic carbocycles. The topological polar surface area (TPSA) is 119 Å². The van der Waals surface area contributed by atoms with Crippen molar-refractivity contribution >= 4 is 44.1 Å². The number of hydrogen-bond acceptors (Lipinski definition) is 6. The Hall–Kier alpha value is -3.56. The van der Waals surface area contributed by atoms with Gasteiger partial charge in [-0.25, -0.2) is 13.1 Å². The van der Waals surface area contributed by atoms with Gasteiger partial charge in [0.2, 0.25) is 10.0 Å². The SMILES string of the molecule is CC(=O)c1cccc(NC(=O)C(C)OC(=O)CCNS(=O)(=O)c2ccc3ccccc3c2)c1. The Morgan fingerprint density at radius 1 is 0.939 bits per heavy atom. The second kappa shape index (κ2) is 10.4. The first-order valence-corrected chi connectivity index (χ1v) is 11.7. The van der Waals surface area contributed by atoms with Crippen LogP contribution in [0.25, 0.3) is 10.8 Å². The summed E-state index contributed by atoms with van der Waals surface area (Å²) in [6.07, 6.45) is -1.35. The Morgan fingerprint density at radius 3 is 2.39 bits per heavy atom. The molecule has 0 aliphatic rings. The summed E-state index contributed by atoms with van der Waals surface area (Å²) >= 11 is 0. The fourth-order valence-corrected chi connectivity index (χ4v) is 4.14. The van der Waals surface area contributed by atoms with Crippen molar-refractivity contribution in [2.24, 2.45) is 0 Å². The Balaban J connectivity index is 1.50. The Morgan fingerprint density at radius 2 is 1.67 bits per heavy atom. The van der Waals surface area contributed by atoms with Gasteiger partial charge in [-0.1, -0.05) is 42.5 Å². The molecule has 0 fully saturated rings. The lowest BCUT2D eigenvalue weighted by Gasteiger charge is -2.14. The van der Waals surface area contributed by atoms with Crippen molar-refractivity contribution in [2.75, 3.05) is 11.9 Å². The molecule has 0 aliphatic carbocycles. The standard InChI is InChI=1S/C24H24N2O6S/c1-16(27)19-8-5-9-21(14-19)26-24(29)17(2)32-23(28)12-13-25-33(30,31)22-11-10-18-6-3-4-7-20(18)15-22/h3-11,14-15,17,25H,12-13H2,1-2H3,(H,26,29). The number of esters is 1. The van der Waals surface area contributed by atoms with Crippen molar-refractivity contribution in [3.05, 3.63) is 72.3 Å². The van der Waals surface area contributed by atoms with Crippen LogP contribution in [0.1, 0.15) is 30.6 Å². The molecule has 1 amide bonds. The molecule has 0 saturated heterocycles. The highest BCUT2D eigenvalue weighted by molar-refractivity contribution is 7.89. The maximum Gasteiger partial charge on any atom is 0.307 e. The van der Waals surface area contributed by atoms with Crippen molar-refractivity contribution in [1.82, 2.24) is 4.72 Å². The van der Waals surface area contributed by atoms with Gasteiger partial charge in [0.15, 0.2) is 11.9 Å². The van der Waals surface area contributed by atoms with Crippen molar-refractivity contribution in [3.8, 4) is 0 Å². The second-order valence-electron chi connectivity index (χ2n) is 7.42. The first kappa shape index (κ1) is 24.1. The van der Waals surface area contributed by atoms with Gasteiger partial charge in [0.1, 0.15) is 0 Å². The van der Waals surface area contributed by atoms with Crippen molar-refractivity contribution in [3.63, 3.8) is 0 Å². The van der Waals surface area contributed by atoms with Gasteiger partial charge in [-0.2, -0.15) is 0 Å². The van der Waals surface area contributed by atoms with Gasteiger partial charge in [-0.15, -0.1) is 0 Å². The average Bonchev–Trinajstić information content (AvgIpc) is 2.78. The summed E-state index contributed by atoms with van der Waals surface area (Å²) in [4.78, 5) is 35.9. The largest absolute Gasteiger partial charge is 0.452 e. The molecule has 3 rings (SSSR count). The van der Waals surface area contributed by atoms with E-state index < -0.39 is 28.0 Å². The lowest BCUT2D eigenvalue weighted by Crippen LogP contribution is -2.32. The fraction of sp³-hybridized carbons (Fsp3) is 0.208. The maximum absolute atomic E-state index is 12.5. The number of fused-ring (bicyclic) bond motifs is 1. The zero-order chi connectivity index (χ0) is 24.0. The number of ether oxygens (including phenoxy) is 1. The highest BCUT2D eigenvalue weighted by Gasteiger charge is 2.19. The maximum atomic E-state index is 12.5. The first-order chi connectivity index (χ1) is 15.7. The molecule has 8 nitrogen and oxygen atoms in total. The van der Waals surface area contributed by atoms with E-state index in [2.05, 4.69) is 10.0 Å². The summed E-state index contributed by atoms with van der Waals surface area (Å²) in [5.41, 5.74) is 0.842. The molecule has 0 bridgehead atoms. The number of anilines is 1. The molecule has 0 aliphatic heterocycles. The highest BCUT2D eigenvalue weighted by Crippen LogP contribution is 2.19. The summed E-state index contributed by atoms with van der Waals surface area (Å²) in [6.45, 7) is 2.64. The predicted octanol–water partition coefficient (Wildman–Crippen LogP) is 3.28. The summed E-state index contributed by atoms with van der Waals surface area (Å²) < 4.78 is 32.5. The van der Waals surface area contributed by atoms with Crippen LogP contribution in [-0.2, 0) is 24.3 Å². The number of rotatable bonds is 9. The molecule has 0 radical (unpaired) electrons. The summed E-state index contributed by atoms with van der Waals surface area (Å²) in [5.74, 6) is -1.44. The summed E-state index contributed by atoms with van der Waals surface area (Å²) in [7, 11) is -3.81. The van der Waals surface area contributed by atoms with Crippen LogP contribution < -0.4 is 10.0 Å². The van der Waals surface area contributed by atoms with E-state index in [1.807, 2.05) is 24.3 Å². The minimum absolute atomic E-state index is 0.0927. The van der Waals surface area contributed by atoms with Crippen LogP contribution in [0, 0.1) is 0 Å². The molecule has 33 heavy (non-hydrogen) atoms. The monoisotopic (exact) mass is 468 g/mol. The molecule has 1 unspecified atom stereocenters. The van der Waals surface area contributed by atoms with Crippen LogP contribution in [0.3, 0.4) is 0 Å². The number of hydrogen-bond donors (Lipinski definition) is 2. The minimum atomic E-state index is -3.81. The predicted molar refractivity (Wildman–Crippen MR) is 124 cm³/mol. The lowest BCUT2D eigenvalue weighted by atomic mass is 10.1. The van der Waals surface area contributed by atoms with Gasteiger partial charge in [0.25, 0.3) is 5.91 Å². The molecule has 1 atom stereocenters. The van der Waals surface area contributed by atoms with Gasteiger partial charge < -0.3 is 10.1 Å². The molecule has 3 aromatic rings. The van der Waals surface area contributed by atoms with Crippen molar-refractivity contribution in [2.45, 2.75) is 31.3 Å². The van der Waals surface area contributed by atoms with Crippen molar-refractivity contribution < 1.29 is 27.5 Å². The molecule has 0 spiro atoms. The number of benzene rings is 3. The zero-order valence-corrected chi connectivity index (χ0v) is 19.0. The molecule has 0 heterocycles. The summed E-state index contributed by atoms with van der Waals surface area (Å²) in [5, 5.41) is 4.28. The number of Topliss-reactive ketones (excluding diaryl/α,β-unsaturated/α-hetero) is 1. The van der Waals surface area contributed by atoms with E-state index in [1.54, 1.807) is 30.3 Å². The molecule has 0 aromatic heterocycles. The quantitative estimate of drug-likeness (QED) is 0.368. The smallest absolute Gasteiger partial charge is 0.307 e. The van der Waals surface area contributed by atoms with Gasteiger partial charge in [-0.05, 0) is 48.9 Å². The Bertz CT molecular complexity index is 1300. The van der Waals surface area contributed by atoms with Gasteiger partial charge in [-0.3, -0.25) is 14.4 Å². The van der Waals surface area contributed by atoms with Crippen LogP contribution in [0.4, 0.5) is 5.69 Å². The van der Waals surface area contributed by atoms with E-state index in [0.29, 0.717) is 11.3 Å². The number of carbonyl (C=O) groups is 3. The molecular formula is C24H24N2O6S. The van der Waals surface area contributed by atoms with Crippen LogP contribution >= 0.6 is 0 Å². The lowest BCUT2D eigenvalue weighted by molar-refractivity contribution is -0.152. The third-order valence-electron chi connectivity index (χ3n) is 4.87. The second-order valence-corrected chi connectivity index (χ2v) is 9.18. The summed E-state index contributed by atoms with van der Waals surface area (Å²) in [6, 6.07) is 18.5. The van der Waals surface area contributed by atoms with Gasteiger partial charge in [0, 0.05) is 17.8 Å². The Kier molecular flexibility index (Phi) is 7.57. The normalized spacial score (nSPS) is 12.2. The van der Waals surface area contributed by atoms with Crippen LogP contribution in [0.5, 0.6) is 0 Å². The van der Waals surface area contributed by atoms with Gasteiger partial charge in [0.05, 0.1) is 11.3 Å². The Labute approximate surface area is 192 Å². The molecule has 2 N–H and O–H groups in total. The van der Waals surface area contributed by atoms with Crippen LogP contribution in [0.15, 0.2) is 71.6 Å². The first-order valence-electron chi connectivity index (χ1n) is 10.3. The van der Waals surface area contributed by atoms with Gasteiger partial charge >= 0.3 is 5.97 Å². The number of ketones is 1. The number of sulfonamides is 1. The van der Waals surface area contributed by atoms with E-state index in [9.17, 15) is 22.8 Å². The molecule has 0 saturated carbocycles. The van der Waals surface area contributed by atoms with E-state index in [4.69, 9.17) is 4.74 Å². The van der Waals surface area contributed by atoms with Crippen LogP contribution in [-0.4, -0.2) is 38.7 Å². The number of amides is 1. The minimum Gasteiger partial charge on any atom is -0.452 e. The molecule has 9 heteroatoms. The van der Waals surface area contributed by atoms with E-state index >= 15 is 0 Å². The van der Waals surface area contributed by atoms with E-state index in [0.717, 1.165) is 10.8 Å². The third kappa shape index (κ3) is 6.47. The average molecular weight is 469 g/mol.